The van der Waals surface area contributed by atoms with Crippen LogP contribution in [0.4, 0.5) is 13.2 Å². The smallest absolute Gasteiger partial charge is 0.475 e. The van der Waals surface area contributed by atoms with E-state index < -0.39 is 38.2 Å². The molecular weight excluding hydrogens is 565 g/mol. The molecule has 39 heavy (non-hydrogen) atoms. The summed E-state index contributed by atoms with van der Waals surface area (Å²) in [6, 6.07) is 12.0. The molecule has 3 heterocycles. The van der Waals surface area contributed by atoms with Crippen molar-refractivity contribution in [2.75, 3.05) is 38.6 Å². The Morgan fingerprint density at radius 3 is 2.28 bits per heavy atom. The number of aliphatic carboxylic acids is 1. The summed E-state index contributed by atoms with van der Waals surface area (Å²) in [6.45, 7) is 1.60. The molecule has 16 heteroatoms. The third kappa shape index (κ3) is 7.95. The van der Waals surface area contributed by atoms with Crippen LogP contribution < -0.4 is 5.73 Å². The lowest BCUT2D eigenvalue weighted by atomic mass is 9.97. The summed E-state index contributed by atoms with van der Waals surface area (Å²) in [5.41, 5.74) is 7.30. The molecule has 0 saturated carbocycles. The van der Waals surface area contributed by atoms with Gasteiger partial charge in [-0.2, -0.15) is 30.2 Å². The van der Waals surface area contributed by atoms with Crippen LogP contribution in [0.15, 0.2) is 53.7 Å². The van der Waals surface area contributed by atoms with Crippen molar-refractivity contribution < 1.29 is 44.6 Å². The number of morpholine rings is 1. The number of halogens is 3. The van der Waals surface area contributed by atoms with E-state index in [1.165, 1.54) is 20.9 Å². The average Bonchev–Trinajstić information content (AvgIpc) is 3.33. The van der Waals surface area contributed by atoms with Crippen molar-refractivity contribution in [2.24, 2.45) is 5.73 Å². The van der Waals surface area contributed by atoms with Crippen LogP contribution in [0, 0.1) is 0 Å². The molecule has 2 fully saturated rings. The second-order valence-electron chi connectivity index (χ2n) is 8.88. The van der Waals surface area contributed by atoms with E-state index in [4.69, 9.17) is 20.4 Å². The molecule has 0 radical (unpaired) electrons. The molecule has 11 nitrogen and oxygen atoms in total. The molecule has 2 saturated heterocycles. The number of pyridine rings is 1. The molecule has 0 bridgehead atoms. The maximum Gasteiger partial charge on any atom is 0.490 e. The molecule has 2 aliphatic heterocycles. The number of hydrogen-bond acceptors (Lipinski definition) is 8. The van der Waals surface area contributed by atoms with Gasteiger partial charge >= 0.3 is 12.1 Å². The Bertz CT molecular complexity index is 1340. The minimum atomic E-state index is -5.08. The minimum absolute atomic E-state index is 0.0765. The van der Waals surface area contributed by atoms with Crippen molar-refractivity contribution in [2.45, 2.75) is 36.1 Å². The molecule has 2 atom stereocenters. The Hall–Kier alpha value is -2.63. The third-order valence-corrected chi connectivity index (χ3v) is 9.98. The van der Waals surface area contributed by atoms with Gasteiger partial charge < -0.3 is 15.6 Å². The highest BCUT2D eigenvalue weighted by molar-refractivity contribution is 7.91. The number of carbonyl (C=O) groups is 1. The molecular formula is C23H29F3N4O7S2. The first-order valence-corrected chi connectivity index (χ1v) is 14.9. The largest absolute Gasteiger partial charge is 0.490 e. The van der Waals surface area contributed by atoms with Crippen LogP contribution in [0.5, 0.6) is 0 Å². The van der Waals surface area contributed by atoms with Crippen LogP contribution in [-0.4, -0.2) is 92.3 Å². The zero-order chi connectivity index (χ0) is 28.8. The topological polar surface area (TPSA) is 160 Å². The Kier molecular flexibility index (Phi) is 10.1. The van der Waals surface area contributed by atoms with Gasteiger partial charge in [-0.1, -0.05) is 30.3 Å². The Morgan fingerprint density at radius 2 is 1.72 bits per heavy atom. The molecule has 4 rings (SSSR count). The second-order valence-corrected chi connectivity index (χ2v) is 12.7. The van der Waals surface area contributed by atoms with Gasteiger partial charge in [0.15, 0.2) is 14.9 Å². The Labute approximate surface area is 224 Å². The van der Waals surface area contributed by atoms with Crippen LogP contribution in [0.1, 0.15) is 23.5 Å². The number of carboxylic acids is 1. The number of nitrogens with zero attached hydrogens (tertiary/aromatic N) is 3. The first-order valence-electron chi connectivity index (χ1n) is 11.8. The van der Waals surface area contributed by atoms with Crippen LogP contribution in [0.25, 0.3) is 0 Å². The number of aromatic nitrogens is 1. The molecule has 1 aromatic heterocycles. The van der Waals surface area contributed by atoms with Gasteiger partial charge in [-0.3, -0.25) is 0 Å². The van der Waals surface area contributed by atoms with E-state index in [1.54, 1.807) is 6.07 Å². The lowest BCUT2D eigenvalue weighted by Crippen LogP contribution is -2.51. The normalized spacial score (nSPS) is 21.2. The first-order chi connectivity index (χ1) is 18.3. The monoisotopic (exact) mass is 594 g/mol. The SMILES string of the molecule is NCc1ccnc(S(=O)(=O)C[C@H]2C[C@@H](c3ccccc3)CN2S(=O)(=O)N2CCOCC2)c1.O=C(O)C(F)(F)F. The van der Waals surface area contributed by atoms with E-state index in [-0.39, 0.29) is 42.9 Å². The summed E-state index contributed by atoms with van der Waals surface area (Å²) >= 11 is 0. The van der Waals surface area contributed by atoms with Gasteiger partial charge in [-0.25, -0.2) is 18.2 Å². The molecule has 0 aliphatic carbocycles. The summed E-state index contributed by atoms with van der Waals surface area (Å²) in [4.78, 5) is 12.9. The van der Waals surface area contributed by atoms with Crippen molar-refractivity contribution in [3.63, 3.8) is 0 Å². The third-order valence-electron chi connectivity index (χ3n) is 6.24. The predicted octanol–water partition coefficient (Wildman–Crippen LogP) is 1.38. The van der Waals surface area contributed by atoms with Gasteiger partial charge in [0.05, 0.1) is 19.0 Å². The van der Waals surface area contributed by atoms with Crippen molar-refractivity contribution in [3.8, 4) is 0 Å². The zero-order valence-electron chi connectivity index (χ0n) is 20.7. The average molecular weight is 595 g/mol. The minimum Gasteiger partial charge on any atom is -0.475 e. The standard InChI is InChI=1S/C21H28N4O5S2.C2HF3O2/c22-14-17-6-7-23-21(12-17)31(26,27)16-20-13-19(18-4-2-1-3-5-18)15-25(20)32(28,29)24-8-10-30-11-9-24;3-2(4,5)1(6)7/h1-7,12,19-20H,8-11,13-16,22H2;(H,6,7)/t19-,20-;/m1./s1. The van der Waals surface area contributed by atoms with E-state index in [1.807, 2.05) is 30.3 Å². The van der Waals surface area contributed by atoms with E-state index >= 15 is 0 Å². The lowest BCUT2D eigenvalue weighted by molar-refractivity contribution is -0.192. The number of ether oxygens (including phenoxy) is 1. The molecule has 0 spiro atoms. The van der Waals surface area contributed by atoms with Crippen molar-refractivity contribution >= 4 is 26.0 Å². The van der Waals surface area contributed by atoms with E-state index in [2.05, 4.69) is 4.98 Å². The fourth-order valence-corrected chi connectivity index (χ4v) is 7.75. The number of carboxylic acid groups (broad SMARTS) is 1. The first kappa shape index (κ1) is 30.9. The Balaban J connectivity index is 0.000000532. The summed E-state index contributed by atoms with van der Waals surface area (Å²) < 4.78 is 93.1. The molecule has 216 valence electrons. The highest BCUT2D eigenvalue weighted by atomic mass is 32.2. The van der Waals surface area contributed by atoms with Crippen LogP contribution in [0.3, 0.4) is 0 Å². The number of nitrogens with two attached hydrogens (primary N) is 1. The molecule has 0 amide bonds. The van der Waals surface area contributed by atoms with Gasteiger partial charge in [0.25, 0.3) is 10.2 Å². The second kappa shape index (κ2) is 12.7. The van der Waals surface area contributed by atoms with Crippen molar-refractivity contribution in [1.82, 2.24) is 13.6 Å². The molecule has 1 aromatic carbocycles. The van der Waals surface area contributed by atoms with Crippen molar-refractivity contribution in [1.29, 1.82) is 0 Å². The fourth-order valence-electron chi connectivity index (χ4n) is 4.30. The highest BCUT2D eigenvalue weighted by Gasteiger charge is 2.45. The number of hydrogen-bond donors (Lipinski definition) is 2. The fraction of sp³-hybridized carbons (Fsp3) is 0.478. The summed E-state index contributed by atoms with van der Waals surface area (Å²) in [5, 5.41) is 7.05. The summed E-state index contributed by atoms with van der Waals surface area (Å²) in [7, 11) is -7.66. The number of benzene rings is 1. The predicted molar refractivity (Wildman–Crippen MR) is 133 cm³/mol. The highest BCUT2D eigenvalue weighted by Crippen LogP contribution is 2.36. The van der Waals surface area contributed by atoms with Gasteiger partial charge in [-0.05, 0) is 35.6 Å². The molecule has 3 N–H and O–H groups in total. The van der Waals surface area contributed by atoms with Crippen molar-refractivity contribution in [3.05, 3.63) is 59.8 Å². The van der Waals surface area contributed by atoms with Gasteiger partial charge in [0, 0.05) is 38.4 Å². The number of alkyl halides is 3. The molecule has 2 aromatic rings. The van der Waals surface area contributed by atoms with Crippen LogP contribution in [-0.2, 0) is 36.1 Å². The van der Waals surface area contributed by atoms with Gasteiger partial charge in [-0.15, -0.1) is 0 Å². The molecule has 0 unspecified atom stereocenters. The number of sulfone groups is 1. The Morgan fingerprint density at radius 1 is 1.10 bits per heavy atom. The summed E-state index contributed by atoms with van der Waals surface area (Å²) in [5.74, 6) is -3.18. The van der Waals surface area contributed by atoms with Crippen LogP contribution in [0.2, 0.25) is 0 Å². The lowest BCUT2D eigenvalue weighted by Gasteiger charge is -2.32. The maximum atomic E-state index is 13.5. The molecule has 2 aliphatic rings. The van der Waals surface area contributed by atoms with E-state index in [0.717, 1.165) is 5.56 Å². The summed E-state index contributed by atoms with van der Waals surface area (Å²) in [6.07, 6.45) is -3.25. The quantitative estimate of drug-likeness (QED) is 0.483. The van der Waals surface area contributed by atoms with E-state index in [9.17, 15) is 30.0 Å². The van der Waals surface area contributed by atoms with Gasteiger partial charge in [0.2, 0.25) is 0 Å². The van der Waals surface area contributed by atoms with E-state index in [0.29, 0.717) is 25.2 Å². The van der Waals surface area contributed by atoms with Crippen LogP contribution >= 0.6 is 0 Å². The zero-order valence-corrected chi connectivity index (χ0v) is 22.3. The van der Waals surface area contributed by atoms with Gasteiger partial charge in [0.1, 0.15) is 0 Å². The number of rotatable bonds is 7. The maximum absolute atomic E-state index is 13.5.